The predicted octanol–water partition coefficient (Wildman–Crippen LogP) is 4.31. The van der Waals surface area contributed by atoms with Gasteiger partial charge in [0.1, 0.15) is 6.04 Å². The monoisotopic (exact) mass is 489 g/mol. The Bertz CT molecular complexity index is 1060. The van der Waals surface area contributed by atoms with Crippen LogP contribution < -0.4 is 10.6 Å². The van der Waals surface area contributed by atoms with Gasteiger partial charge in [-0.3, -0.25) is 19.7 Å². The number of hydrogen-bond acceptors (Lipinski definition) is 6. The standard InChI is InChI=1S/C24H28ClN3O6/c1-5-15-8-7-9-16(6-2)22(15)26-20(29)13-34-24(31)21(14(3)4)27-23(30)18-11-10-17(28(32)33)12-19(18)25/h7-12,14,21H,5-6,13H2,1-4H3,(H,26,29)(H,27,30)/t21-/m1/s1. The first-order valence-corrected chi connectivity index (χ1v) is 11.3. The van der Waals surface area contributed by atoms with Crippen LogP contribution in [0.4, 0.5) is 11.4 Å². The molecule has 0 saturated heterocycles. The summed E-state index contributed by atoms with van der Waals surface area (Å²) in [6, 6.07) is 8.14. The minimum Gasteiger partial charge on any atom is -0.454 e. The van der Waals surface area contributed by atoms with Gasteiger partial charge in [0.25, 0.3) is 17.5 Å². The third-order valence-electron chi connectivity index (χ3n) is 5.22. The van der Waals surface area contributed by atoms with Crippen LogP contribution in [0, 0.1) is 16.0 Å². The topological polar surface area (TPSA) is 128 Å². The fourth-order valence-electron chi connectivity index (χ4n) is 3.32. The number of esters is 1. The van der Waals surface area contributed by atoms with E-state index in [1.165, 1.54) is 6.07 Å². The van der Waals surface area contributed by atoms with Gasteiger partial charge >= 0.3 is 5.97 Å². The first kappa shape index (κ1) is 26.8. The van der Waals surface area contributed by atoms with E-state index in [0.29, 0.717) is 0 Å². The fourth-order valence-corrected chi connectivity index (χ4v) is 3.58. The fraction of sp³-hybridized carbons (Fsp3) is 0.375. The van der Waals surface area contributed by atoms with Crippen molar-refractivity contribution in [2.24, 2.45) is 5.92 Å². The summed E-state index contributed by atoms with van der Waals surface area (Å²) in [5.74, 6) is -2.32. The molecule has 9 nitrogen and oxygen atoms in total. The number of rotatable bonds is 10. The van der Waals surface area contributed by atoms with Crippen LogP contribution in [0.3, 0.4) is 0 Å². The number of halogens is 1. The quantitative estimate of drug-likeness (QED) is 0.291. The lowest BCUT2D eigenvalue weighted by Crippen LogP contribution is -2.46. The lowest BCUT2D eigenvalue weighted by molar-refractivity contribution is -0.384. The number of aryl methyl sites for hydroxylation is 2. The van der Waals surface area contributed by atoms with Gasteiger partial charge < -0.3 is 15.4 Å². The molecule has 34 heavy (non-hydrogen) atoms. The molecular weight excluding hydrogens is 462 g/mol. The number of nitro benzene ring substituents is 1. The van der Waals surface area contributed by atoms with Crippen LogP contribution >= 0.6 is 11.6 Å². The van der Waals surface area contributed by atoms with Crippen LogP contribution in [0.2, 0.25) is 5.02 Å². The second-order valence-corrected chi connectivity index (χ2v) is 8.34. The second kappa shape index (κ2) is 12.1. The number of nitro groups is 1. The summed E-state index contributed by atoms with van der Waals surface area (Å²) < 4.78 is 5.18. The average molecular weight is 490 g/mol. The largest absolute Gasteiger partial charge is 0.454 e. The maximum Gasteiger partial charge on any atom is 0.329 e. The van der Waals surface area contributed by atoms with Crippen molar-refractivity contribution >= 4 is 40.8 Å². The lowest BCUT2D eigenvalue weighted by atomic mass is 10.0. The van der Waals surface area contributed by atoms with Crippen molar-refractivity contribution in [1.82, 2.24) is 5.32 Å². The van der Waals surface area contributed by atoms with Crippen LogP contribution in [0.1, 0.15) is 49.2 Å². The summed E-state index contributed by atoms with van der Waals surface area (Å²) in [4.78, 5) is 48.0. The summed E-state index contributed by atoms with van der Waals surface area (Å²) >= 11 is 6.01. The summed E-state index contributed by atoms with van der Waals surface area (Å²) in [7, 11) is 0. The van der Waals surface area contributed by atoms with E-state index in [4.69, 9.17) is 16.3 Å². The van der Waals surface area contributed by atoms with Crippen molar-refractivity contribution in [3.8, 4) is 0 Å². The van der Waals surface area contributed by atoms with Crippen LogP contribution in [0.5, 0.6) is 0 Å². The molecular formula is C24H28ClN3O6. The van der Waals surface area contributed by atoms with E-state index < -0.39 is 35.4 Å². The Morgan fingerprint density at radius 2 is 1.71 bits per heavy atom. The number of carbonyl (C=O) groups is 3. The molecule has 10 heteroatoms. The molecule has 2 amide bonds. The van der Waals surface area contributed by atoms with E-state index in [1.54, 1.807) is 13.8 Å². The van der Waals surface area contributed by atoms with Gasteiger partial charge in [0.05, 0.1) is 15.5 Å². The minimum atomic E-state index is -1.05. The van der Waals surface area contributed by atoms with Crippen LogP contribution in [-0.4, -0.2) is 35.4 Å². The van der Waals surface area contributed by atoms with Gasteiger partial charge in [-0.2, -0.15) is 0 Å². The Labute approximate surface area is 203 Å². The Morgan fingerprint density at radius 3 is 2.21 bits per heavy atom. The number of non-ortho nitro benzene ring substituents is 1. The number of carbonyl (C=O) groups excluding carboxylic acids is 3. The summed E-state index contributed by atoms with van der Waals surface area (Å²) in [6.45, 7) is 6.86. The molecule has 0 aliphatic carbocycles. The van der Waals surface area contributed by atoms with E-state index in [2.05, 4.69) is 10.6 Å². The van der Waals surface area contributed by atoms with Crippen molar-refractivity contribution in [1.29, 1.82) is 0 Å². The SMILES string of the molecule is CCc1cccc(CC)c1NC(=O)COC(=O)[C@H](NC(=O)c1ccc([N+](=O)[O-])cc1Cl)C(C)C. The molecule has 1 atom stereocenters. The normalized spacial score (nSPS) is 11.6. The molecule has 0 spiro atoms. The van der Waals surface area contributed by atoms with Crippen molar-refractivity contribution in [2.45, 2.75) is 46.6 Å². The van der Waals surface area contributed by atoms with Gasteiger partial charge in [0.15, 0.2) is 6.61 Å². The maximum absolute atomic E-state index is 12.6. The number of benzene rings is 2. The Hall–Kier alpha value is -3.46. The molecule has 182 valence electrons. The number of nitrogens with zero attached hydrogens (tertiary/aromatic N) is 1. The highest BCUT2D eigenvalue weighted by Gasteiger charge is 2.28. The Morgan fingerprint density at radius 1 is 1.09 bits per heavy atom. The van der Waals surface area contributed by atoms with Gasteiger partial charge in [-0.25, -0.2) is 4.79 Å². The lowest BCUT2D eigenvalue weighted by Gasteiger charge is -2.21. The van der Waals surface area contributed by atoms with Crippen molar-refractivity contribution in [3.63, 3.8) is 0 Å². The molecule has 0 aromatic heterocycles. The molecule has 0 unspecified atom stereocenters. The van der Waals surface area contributed by atoms with E-state index >= 15 is 0 Å². The maximum atomic E-state index is 12.6. The highest BCUT2D eigenvalue weighted by atomic mass is 35.5. The molecule has 0 heterocycles. The highest BCUT2D eigenvalue weighted by molar-refractivity contribution is 6.34. The first-order valence-electron chi connectivity index (χ1n) is 10.9. The molecule has 0 radical (unpaired) electrons. The number of nitrogens with one attached hydrogen (secondary N) is 2. The van der Waals surface area contributed by atoms with Gasteiger partial charge in [0.2, 0.25) is 0 Å². The third kappa shape index (κ3) is 6.77. The summed E-state index contributed by atoms with van der Waals surface area (Å²) in [5.41, 5.74) is 2.39. The molecule has 0 aliphatic rings. The van der Waals surface area contributed by atoms with E-state index in [-0.39, 0.29) is 22.2 Å². The van der Waals surface area contributed by atoms with Gasteiger partial charge in [0, 0.05) is 17.8 Å². The number of amides is 2. The van der Waals surface area contributed by atoms with Gasteiger partial charge in [-0.05, 0) is 36.0 Å². The number of anilines is 1. The van der Waals surface area contributed by atoms with Crippen molar-refractivity contribution < 1.29 is 24.0 Å². The van der Waals surface area contributed by atoms with E-state index in [9.17, 15) is 24.5 Å². The number of para-hydroxylation sites is 1. The molecule has 2 N–H and O–H groups in total. The molecule has 2 aromatic carbocycles. The zero-order chi connectivity index (χ0) is 25.4. The average Bonchev–Trinajstić information content (AvgIpc) is 2.80. The molecule has 0 fully saturated rings. The highest BCUT2D eigenvalue weighted by Crippen LogP contribution is 2.24. The van der Waals surface area contributed by atoms with E-state index in [0.717, 1.165) is 41.8 Å². The smallest absolute Gasteiger partial charge is 0.329 e. The number of ether oxygens (including phenoxy) is 1. The van der Waals surface area contributed by atoms with Gasteiger partial charge in [-0.15, -0.1) is 0 Å². The van der Waals surface area contributed by atoms with Crippen molar-refractivity contribution in [2.75, 3.05) is 11.9 Å². The predicted molar refractivity (Wildman–Crippen MR) is 129 cm³/mol. The van der Waals surface area contributed by atoms with Gasteiger partial charge in [-0.1, -0.05) is 57.5 Å². The van der Waals surface area contributed by atoms with Crippen LogP contribution in [-0.2, 0) is 27.2 Å². The summed E-state index contributed by atoms with van der Waals surface area (Å²) in [5, 5.41) is 16.1. The molecule has 0 saturated carbocycles. The minimum absolute atomic E-state index is 0.0215. The molecule has 2 aromatic rings. The Balaban J connectivity index is 2.05. The second-order valence-electron chi connectivity index (χ2n) is 7.93. The summed E-state index contributed by atoms with van der Waals surface area (Å²) in [6.07, 6.45) is 1.46. The zero-order valence-electron chi connectivity index (χ0n) is 19.5. The first-order chi connectivity index (χ1) is 16.1. The number of hydrogen-bond donors (Lipinski definition) is 2. The molecule has 0 bridgehead atoms. The van der Waals surface area contributed by atoms with Crippen LogP contribution in [0.15, 0.2) is 36.4 Å². The zero-order valence-corrected chi connectivity index (χ0v) is 20.3. The molecule has 2 rings (SSSR count). The Kier molecular flexibility index (Phi) is 9.56. The van der Waals surface area contributed by atoms with Crippen LogP contribution in [0.25, 0.3) is 0 Å². The van der Waals surface area contributed by atoms with Crippen molar-refractivity contribution in [3.05, 3.63) is 68.2 Å². The third-order valence-corrected chi connectivity index (χ3v) is 5.54. The van der Waals surface area contributed by atoms with E-state index in [1.807, 2.05) is 32.0 Å². The molecule has 0 aliphatic heterocycles.